The van der Waals surface area contributed by atoms with Gasteiger partial charge in [0.05, 0.1) is 37.2 Å². The van der Waals surface area contributed by atoms with Gasteiger partial charge in [0.1, 0.15) is 5.82 Å². The molecule has 0 spiro atoms. The van der Waals surface area contributed by atoms with Crippen molar-refractivity contribution in [2.45, 2.75) is 72.8 Å². The fraction of sp³-hybridized carbons (Fsp3) is 0.471. The van der Waals surface area contributed by atoms with Crippen molar-refractivity contribution in [3.8, 4) is 0 Å². The van der Waals surface area contributed by atoms with Gasteiger partial charge >= 0.3 is 5.69 Å². The summed E-state index contributed by atoms with van der Waals surface area (Å²) < 4.78 is 1.13. The largest absolute Gasteiger partial charge is 0.354 e. The van der Waals surface area contributed by atoms with Crippen LogP contribution in [0.1, 0.15) is 66.1 Å². The summed E-state index contributed by atoms with van der Waals surface area (Å²) in [6.45, 7) is 15.7. The molecule has 0 saturated carbocycles. The number of unbranched alkanes of at least 4 members (excludes halogenated alkanes) is 2. The molecule has 0 bridgehead atoms. The first kappa shape index (κ1) is 36.0. The van der Waals surface area contributed by atoms with Gasteiger partial charge < -0.3 is 35.8 Å². The van der Waals surface area contributed by atoms with Crippen LogP contribution in [0.15, 0.2) is 47.3 Å². The highest BCUT2D eigenvalue weighted by Crippen LogP contribution is 2.19. The van der Waals surface area contributed by atoms with E-state index in [4.69, 9.17) is 9.97 Å². The number of amides is 1. The average molecular weight is 661 g/mol. The molecule has 48 heavy (non-hydrogen) atoms. The number of hydrazine groups is 1. The minimum atomic E-state index is -1.16. The van der Waals surface area contributed by atoms with Gasteiger partial charge in [-0.2, -0.15) is 15.0 Å². The predicted molar refractivity (Wildman–Crippen MR) is 191 cm³/mol. The van der Waals surface area contributed by atoms with Gasteiger partial charge in [0.15, 0.2) is 11.8 Å². The molecule has 0 aliphatic rings. The highest BCUT2D eigenvalue weighted by atomic mass is 16.2. The summed E-state index contributed by atoms with van der Waals surface area (Å²) in [4.78, 5) is 56.1. The van der Waals surface area contributed by atoms with Crippen molar-refractivity contribution < 1.29 is 14.1 Å². The molecular weight excluding hydrogens is 610 g/mol. The van der Waals surface area contributed by atoms with E-state index in [0.29, 0.717) is 34.3 Å². The third-order valence-electron chi connectivity index (χ3n) is 8.74. The van der Waals surface area contributed by atoms with Crippen LogP contribution in [0.3, 0.4) is 0 Å². The van der Waals surface area contributed by atoms with Gasteiger partial charge in [0.2, 0.25) is 11.9 Å². The maximum atomic E-state index is 12.9. The Balaban J connectivity index is 1.36. The molecule has 7 N–H and O–H groups in total. The molecule has 0 radical (unpaired) electrons. The maximum Gasteiger partial charge on any atom is 0.323 e. The van der Waals surface area contributed by atoms with E-state index in [-0.39, 0.29) is 11.5 Å². The van der Waals surface area contributed by atoms with E-state index in [1.807, 2.05) is 24.3 Å². The van der Waals surface area contributed by atoms with Crippen molar-refractivity contribution >= 4 is 51.7 Å². The number of carbonyl (C=O) groups excluding carboxylic acids is 2. The van der Waals surface area contributed by atoms with Crippen LogP contribution in [0.25, 0.3) is 11.0 Å². The van der Waals surface area contributed by atoms with Crippen LogP contribution >= 0.6 is 0 Å². The van der Waals surface area contributed by atoms with E-state index in [1.54, 1.807) is 18.2 Å². The Morgan fingerprint density at radius 2 is 1.48 bits per heavy atom. The smallest absolute Gasteiger partial charge is 0.323 e. The molecule has 0 aliphatic heterocycles. The zero-order valence-electron chi connectivity index (χ0n) is 28.7. The molecule has 2 aromatic carbocycles. The minimum Gasteiger partial charge on any atom is -0.354 e. The van der Waals surface area contributed by atoms with Crippen molar-refractivity contribution in [1.29, 1.82) is 0 Å². The van der Waals surface area contributed by atoms with Crippen molar-refractivity contribution in [2.75, 3.05) is 54.1 Å². The van der Waals surface area contributed by atoms with Gasteiger partial charge in [-0.15, -0.1) is 0 Å². The Labute approximate surface area is 281 Å². The first-order valence-electron chi connectivity index (χ1n) is 16.9. The number of carbonyl (C=O) groups is 2. The molecule has 1 atom stereocenters. The molecule has 2 heterocycles. The number of nitrogens with zero attached hydrogens (tertiary/aromatic N) is 4. The number of ketones is 1. The maximum absolute atomic E-state index is 12.9. The number of aromatic amines is 2. The number of quaternary nitrogens is 1. The van der Waals surface area contributed by atoms with E-state index in [1.165, 1.54) is 6.92 Å². The van der Waals surface area contributed by atoms with Crippen LogP contribution in [0, 0.1) is 0 Å². The Bertz CT molecular complexity index is 1690. The van der Waals surface area contributed by atoms with Crippen molar-refractivity contribution in [3.05, 3.63) is 58.8 Å². The zero-order chi connectivity index (χ0) is 34.5. The van der Waals surface area contributed by atoms with E-state index < -0.39 is 11.9 Å². The van der Waals surface area contributed by atoms with Gasteiger partial charge in [-0.25, -0.2) is 10.2 Å². The number of hydrogen-bond donors (Lipinski definition) is 7. The third-order valence-corrected chi connectivity index (χ3v) is 8.74. The number of hydrogen-bond acceptors (Lipinski definition) is 10. The number of anilines is 5. The monoisotopic (exact) mass is 660 g/mol. The highest BCUT2D eigenvalue weighted by Gasteiger charge is 2.23. The number of rotatable bonds is 20. The Hall–Kier alpha value is -4.82. The lowest BCUT2D eigenvalue weighted by Crippen LogP contribution is -2.48. The Morgan fingerprint density at radius 3 is 2.17 bits per heavy atom. The second kappa shape index (κ2) is 17.4. The number of nitrogens with one attached hydrogen (secondary N) is 7. The van der Waals surface area contributed by atoms with Gasteiger partial charge in [-0.3, -0.25) is 9.59 Å². The van der Waals surface area contributed by atoms with Crippen LogP contribution < -0.4 is 32.5 Å². The minimum absolute atomic E-state index is 0.341. The van der Waals surface area contributed by atoms with Crippen LogP contribution in [-0.2, 0) is 16.0 Å². The van der Waals surface area contributed by atoms with Crippen molar-refractivity contribution in [3.63, 3.8) is 0 Å². The molecule has 14 heteroatoms. The van der Waals surface area contributed by atoms with Crippen LogP contribution in [0.5, 0.6) is 0 Å². The summed E-state index contributed by atoms with van der Waals surface area (Å²) in [6.07, 6.45) is 4.99. The molecule has 14 nitrogen and oxygen atoms in total. The van der Waals surface area contributed by atoms with E-state index in [0.717, 1.165) is 80.8 Å². The lowest BCUT2D eigenvalue weighted by atomic mass is 10.2. The van der Waals surface area contributed by atoms with Crippen molar-refractivity contribution in [1.82, 2.24) is 30.3 Å². The average Bonchev–Trinajstić information content (AvgIpc) is 3.45. The van der Waals surface area contributed by atoms with Gasteiger partial charge in [-0.05, 0) is 89.4 Å². The van der Waals surface area contributed by atoms with Crippen LogP contribution in [0.2, 0.25) is 0 Å². The van der Waals surface area contributed by atoms with Crippen molar-refractivity contribution in [2.24, 2.45) is 0 Å². The molecular formula is C34H50N11O3+. The molecule has 2 aromatic heterocycles. The molecule has 0 saturated heterocycles. The van der Waals surface area contributed by atoms with Gasteiger partial charge in [-0.1, -0.05) is 13.3 Å². The molecule has 4 rings (SSSR count). The number of Topliss-reactive ketones (excluding diaryl/α,β-unsaturated/α-hetero) is 1. The summed E-state index contributed by atoms with van der Waals surface area (Å²) in [7, 11) is 0. The third kappa shape index (κ3) is 10.1. The van der Waals surface area contributed by atoms with E-state index in [2.05, 4.69) is 69.4 Å². The second-order valence-electron chi connectivity index (χ2n) is 12.0. The van der Waals surface area contributed by atoms with E-state index >= 15 is 0 Å². The first-order chi connectivity index (χ1) is 23.2. The summed E-state index contributed by atoms with van der Waals surface area (Å²) in [5.74, 6) is 0.872. The second-order valence-corrected chi connectivity index (χ2v) is 12.0. The number of imidazole rings is 1. The molecule has 1 amide bonds. The number of aromatic nitrogens is 5. The molecule has 4 aromatic rings. The Morgan fingerprint density at radius 1 is 0.812 bits per heavy atom. The summed E-state index contributed by atoms with van der Waals surface area (Å²) >= 11 is 0. The number of aryl methyl sites for hydroxylation is 1. The fourth-order valence-corrected chi connectivity index (χ4v) is 5.52. The van der Waals surface area contributed by atoms with Gasteiger partial charge in [0.25, 0.3) is 5.91 Å². The topological polar surface area (TPSA) is 182 Å². The fourth-order valence-electron chi connectivity index (χ4n) is 5.52. The summed E-state index contributed by atoms with van der Waals surface area (Å²) in [6, 6.07) is 11.1. The quantitative estimate of drug-likeness (QED) is 0.0304. The zero-order valence-corrected chi connectivity index (χ0v) is 28.7. The Kier molecular flexibility index (Phi) is 13.0. The standard InChI is InChI=1S/C34H49N11O3/c1-6-10-20-35-32-40-29(13-11-12-21-45(7-2,8-3)9-4)41-33(42-32)37-24-14-16-25(17-15-24)43-44-30(23(5)46)31(47)36-26-18-19-27-28(22-26)39-34(48)38-27/h14-19,22,30,43-44H,6-13,20-21H2,1-5H3,(H4-,35,36,37,38,39,40,41,42,47,48)/p+1. The summed E-state index contributed by atoms with van der Waals surface area (Å²) in [5, 5.41) is 9.34. The molecule has 258 valence electrons. The number of fused-ring (bicyclic) bond motifs is 1. The SMILES string of the molecule is CCCCNc1nc(CCCC[N+](CC)(CC)CC)nc(Nc2ccc(NNC(C(C)=O)C(=O)Nc3ccc4[nH]c(=O)[nH]c4c3)cc2)n1. The highest BCUT2D eigenvalue weighted by molar-refractivity contribution is 6.10. The normalized spacial score (nSPS) is 12.1. The predicted octanol–water partition coefficient (Wildman–Crippen LogP) is 4.71. The van der Waals surface area contributed by atoms with Crippen LogP contribution in [0.4, 0.5) is 29.0 Å². The van der Waals surface area contributed by atoms with E-state index in [9.17, 15) is 14.4 Å². The molecule has 0 aliphatic carbocycles. The van der Waals surface area contributed by atoms with Crippen LogP contribution in [-0.4, -0.2) is 79.9 Å². The first-order valence-corrected chi connectivity index (χ1v) is 16.9. The number of H-pyrrole nitrogens is 2. The van der Waals surface area contributed by atoms with Gasteiger partial charge in [0, 0.05) is 30.0 Å². The lowest BCUT2D eigenvalue weighted by molar-refractivity contribution is -0.923. The molecule has 0 fully saturated rings. The number of benzene rings is 2. The molecule has 1 unspecified atom stereocenters. The lowest BCUT2D eigenvalue weighted by Gasteiger charge is -2.35. The summed E-state index contributed by atoms with van der Waals surface area (Å²) in [5.41, 5.74) is 8.45.